The molecule has 3 N–H and O–H groups in total. The van der Waals surface area contributed by atoms with E-state index in [0.29, 0.717) is 12.6 Å². The number of nitrogens with zero attached hydrogens (tertiary/aromatic N) is 1. The monoisotopic (exact) mass is 222 g/mol. The van der Waals surface area contributed by atoms with Crippen LogP contribution in [0.5, 0.6) is 5.75 Å². The van der Waals surface area contributed by atoms with Gasteiger partial charge in [-0.1, -0.05) is 0 Å². The standard InChI is InChI=1S/C12H18N2O2/c15-11-3-1-2-9(6-11)13-7-10-4-5-12(16)8-14-10/h4-5,8-9,11,13,15-16H,1-3,6-7H2. The Morgan fingerprint density at radius 3 is 2.94 bits per heavy atom. The molecular weight excluding hydrogens is 204 g/mol. The van der Waals surface area contributed by atoms with Crippen LogP contribution in [0.4, 0.5) is 0 Å². The summed E-state index contributed by atoms with van der Waals surface area (Å²) in [7, 11) is 0. The number of aliphatic hydroxyl groups excluding tert-OH is 1. The number of rotatable bonds is 3. The van der Waals surface area contributed by atoms with Gasteiger partial charge in [0.2, 0.25) is 0 Å². The molecule has 2 atom stereocenters. The van der Waals surface area contributed by atoms with E-state index in [1.54, 1.807) is 6.07 Å². The van der Waals surface area contributed by atoms with Gasteiger partial charge in [0.1, 0.15) is 5.75 Å². The Balaban J connectivity index is 1.80. The zero-order chi connectivity index (χ0) is 11.4. The molecule has 1 aromatic rings. The number of aromatic hydroxyl groups is 1. The molecule has 4 nitrogen and oxygen atoms in total. The molecule has 0 radical (unpaired) electrons. The number of aliphatic hydroxyl groups is 1. The lowest BCUT2D eigenvalue weighted by molar-refractivity contribution is 0.111. The minimum absolute atomic E-state index is 0.154. The smallest absolute Gasteiger partial charge is 0.133 e. The average molecular weight is 222 g/mol. The lowest BCUT2D eigenvalue weighted by Crippen LogP contribution is -2.35. The SMILES string of the molecule is Oc1ccc(CNC2CCCC(O)C2)nc1. The van der Waals surface area contributed by atoms with Gasteiger partial charge >= 0.3 is 0 Å². The molecule has 16 heavy (non-hydrogen) atoms. The van der Waals surface area contributed by atoms with Crippen LogP contribution in [-0.4, -0.2) is 27.3 Å². The van der Waals surface area contributed by atoms with Crippen LogP contribution in [0.15, 0.2) is 18.3 Å². The van der Waals surface area contributed by atoms with Gasteiger partial charge in [0.25, 0.3) is 0 Å². The molecule has 2 rings (SSSR count). The van der Waals surface area contributed by atoms with Gasteiger partial charge in [-0.15, -0.1) is 0 Å². The number of nitrogens with one attached hydrogen (secondary N) is 1. The summed E-state index contributed by atoms with van der Waals surface area (Å²) < 4.78 is 0. The Bertz CT molecular complexity index is 326. The van der Waals surface area contributed by atoms with Gasteiger partial charge in [0.05, 0.1) is 18.0 Å². The van der Waals surface area contributed by atoms with Gasteiger partial charge in [0.15, 0.2) is 0 Å². The minimum Gasteiger partial charge on any atom is -0.506 e. The van der Waals surface area contributed by atoms with Crippen LogP contribution >= 0.6 is 0 Å². The summed E-state index contributed by atoms with van der Waals surface area (Å²) in [5.74, 6) is 0.192. The highest BCUT2D eigenvalue weighted by molar-refractivity contribution is 5.17. The van der Waals surface area contributed by atoms with Gasteiger partial charge in [-0.25, -0.2) is 0 Å². The number of hydrogen-bond donors (Lipinski definition) is 3. The van der Waals surface area contributed by atoms with Crippen molar-refractivity contribution in [3.63, 3.8) is 0 Å². The van der Waals surface area contributed by atoms with E-state index >= 15 is 0 Å². The van der Waals surface area contributed by atoms with Crippen molar-refractivity contribution < 1.29 is 10.2 Å². The second kappa shape index (κ2) is 5.27. The van der Waals surface area contributed by atoms with Crippen LogP contribution in [0.2, 0.25) is 0 Å². The van der Waals surface area contributed by atoms with E-state index in [2.05, 4.69) is 10.3 Å². The van der Waals surface area contributed by atoms with Gasteiger partial charge < -0.3 is 15.5 Å². The molecule has 0 aromatic carbocycles. The van der Waals surface area contributed by atoms with E-state index < -0.39 is 0 Å². The molecule has 1 aliphatic carbocycles. The van der Waals surface area contributed by atoms with Gasteiger partial charge in [-0.2, -0.15) is 0 Å². The zero-order valence-corrected chi connectivity index (χ0v) is 9.26. The molecule has 0 bridgehead atoms. The summed E-state index contributed by atoms with van der Waals surface area (Å²) in [5.41, 5.74) is 0.915. The lowest BCUT2D eigenvalue weighted by Gasteiger charge is -2.26. The van der Waals surface area contributed by atoms with Crippen molar-refractivity contribution >= 4 is 0 Å². The fourth-order valence-corrected chi connectivity index (χ4v) is 2.12. The molecule has 88 valence electrons. The van der Waals surface area contributed by atoms with E-state index in [9.17, 15) is 5.11 Å². The highest BCUT2D eigenvalue weighted by Gasteiger charge is 2.19. The van der Waals surface area contributed by atoms with Crippen molar-refractivity contribution in [1.82, 2.24) is 10.3 Å². The molecule has 1 aromatic heterocycles. The molecule has 0 amide bonds. The van der Waals surface area contributed by atoms with Crippen molar-refractivity contribution in [3.8, 4) is 5.75 Å². The maximum atomic E-state index is 9.52. The molecule has 1 fully saturated rings. The van der Waals surface area contributed by atoms with Crippen LogP contribution in [0.25, 0.3) is 0 Å². The fraction of sp³-hybridized carbons (Fsp3) is 0.583. The van der Waals surface area contributed by atoms with E-state index in [-0.39, 0.29) is 11.9 Å². The molecule has 4 heteroatoms. The van der Waals surface area contributed by atoms with Gasteiger partial charge in [0, 0.05) is 12.6 Å². The van der Waals surface area contributed by atoms with Crippen LogP contribution in [0.1, 0.15) is 31.4 Å². The van der Waals surface area contributed by atoms with Crippen molar-refractivity contribution in [1.29, 1.82) is 0 Å². The highest BCUT2D eigenvalue weighted by Crippen LogP contribution is 2.18. The van der Waals surface area contributed by atoms with Crippen LogP contribution in [-0.2, 0) is 6.54 Å². The predicted molar refractivity (Wildman–Crippen MR) is 61.0 cm³/mol. The molecule has 1 saturated carbocycles. The zero-order valence-electron chi connectivity index (χ0n) is 9.26. The van der Waals surface area contributed by atoms with Crippen molar-refractivity contribution in [2.24, 2.45) is 0 Å². The topological polar surface area (TPSA) is 65.4 Å². The third-order valence-electron chi connectivity index (χ3n) is 3.03. The first kappa shape index (κ1) is 11.4. The quantitative estimate of drug-likeness (QED) is 0.718. The van der Waals surface area contributed by atoms with Crippen LogP contribution < -0.4 is 5.32 Å². The summed E-state index contributed by atoms with van der Waals surface area (Å²) in [6, 6.07) is 3.83. The van der Waals surface area contributed by atoms with Crippen LogP contribution in [0.3, 0.4) is 0 Å². The summed E-state index contributed by atoms with van der Waals surface area (Å²) in [6.45, 7) is 0.692. The van der Waals surface area contributed by atoms with Gasteiger partial charge in [-0.05, 0) is 37.8 Å². The normalized spacial score (nSPS) is 25.6. The first-order valence-corrected chi connectivity index (χ1v) is 5.79. The van der Waals surface area contributed by atoms with Crippen molar-refractivity contribution in [3.05, 3.63) is 24.0 Å². The van der Waals surface area contributed by atoms with Crippen molar-refractivity contribution in [2.75, 3.05) is 0 Å². The second-order valence-electron chi connectivity index (χ2n) is 4.41. The largest absolute Gasteiger partial charge is 0.506 e. The Morgan fingerprint density at radius 2 is 2.25 bits per heavy atom. The Kier molecular flexibility index (Phi) is 3.74. The third-order valence-corrected chi connectivity index (χ3v) is 3.03. The summed E-state index contributed by atoms with van der Waals surface area (Å²) in [4.78, 5) is 4.11. The van der Waals surface area contributed by atoms with E-state index in [0.717, 1.165) is 31.4 Å². The fourth-order valence-electron chi connectivity index (χ4n) is 2.12. The van der Waals surface area contributed by atoms with E-state index in [1.807, 2.05) is 6.07 Å². The summed E-state index contributed by atoms with van der Waals surface area (Å²) >= 11 is 0. The second-order valence-corrected chi connectivity index (χ2v) is 4.41. The molecule has 1 aliphatic rings. The molecule has 0 aliphatic heterocycles. The Labute approximate surface area is 95.3 Å². The first-order valence-electron chi connectivity index (χ1n) is 5.79. The number of aromatic nitrogens is 1. The number of pyridine rings is 1. The highest BCUT2D eigenvalue weighted by atomic mass is 16.3. The van der Waals surface area contributed by atoms with E-state index in [4.69, 9.17) is 5.11 Å². The maximum Gasteiger partial charge on any atom is 0.133 e. The Hall–Kier alpha value is -1.13. The lowest BCUT2D eigenvalue weighted by atomic mass is 9.93. The summed E-state index contributed by atoms with van der Waals surface area (Å²) in [6.07, 6.45) is 5.26. The average Bonchev–Trinajstić information content (AvgIpc) is 2.28. The molecule has 0 saturated heterocycles. The van der Waals surface area contributed by atoms with Crippen molar-refractivity contribution in [2.45, 2.75) is 44.4 Å². The Morgan fingerprint density at radius 1 is 1.38 bits per heavy atom. The predicted octanol–water partition coefficient (Wildman–Crippen LogP) is 1.18. The molecular formula is C12H18N2O2. The number of hydrogen-bond acceptors (Lipinski definition) is 4. The van der Waals surface area contributed by atoms with Crippen LogP contribution in [0, 0.1) is 0 Å². The summed E-state index contributed by atoms with van der Waals surface area (Å²) in [5, 5.41) is 22.0. The molecule has 1 heterocycles. The third kappa shape index (κ3) is 3.18. The molecule has 0 spiro atoms. The molecule has 2 unspecified atom stereocenters. The van der Waals surface area contributed by atoms with Gasteiger partial charge in [-0.3, -0.25) is 4.98 Å². The first-order chi connectivity index (χ1) is 7.74. The van der Waals surface area contributed by atoms with E-state index in [1.165, 1.54) is 6.20 Å². The minimum atomic E-state index is -0.154. The maximum absolute atomic E-state index is 9.52.